The quantitative estimate of drug-likeness (QED) is 0.823. The number of aryl methyl sites for hydroxylation is 1. The summed E-state index contributed by atoms with van der Waals surface area (Å²) in [5, 5.41) is 18.4. The van der Waals surface area contributed by atoms with Crippen LogP contribution in [-0.2, 0) is 4.74 Å². The Kier molecular flexibility index (Phi) is 4.43. The molecule has 4 heteroatoms. The fourth-order valence-electron chi connectivity index (χ4n) is 2.52. The van der Waals surface area contributed by atoms with Gasteiger partial charge >= 0.3 is 5.97 Å². The lowest BCUT2D eigenvalue weighted by atomic mass is 9.88. The summed E-state index contributed by atoms with van der Waals surface area (Å²) < 4.78 is 5.49. The number of hydrogen-bond donors (Lipinski definition) is 2. The minimum atomic E-state index is -0.329. The number of benzene rings is 1. The molecule has 19 heavy (non-hydrogen) atoms. The largest absolute Gasteiger partial charge is 0.508 e. The number of phenolic OH excluding ortho intramolecular Hbond substituents is 1. The summed E-state index contributed by atoms with van der Waals surface area (Å²) in [5.41, 5.74) is 1.22. The van der Waals surface area contributed by atoms with Gasteiger partial charge in [-0.1, -0.05) is 0 Å². The lowest BCUT2D eigenvalue weighted by molar-refractivity contribution is 0.0133. The van der Waals surface area contributed by atoms with Crippen LogP contribution in [0.5, 0.6) is 5.75 Å². The predicted molar refractivity (Wildman–Crippen MR) is 71.1 cm³/mol. The maximum absolute atomic E-state index is 12.0. The second-order valence-corrected chi connectivity index (χ2v) is 5.23. The first-order valence-corrected chi connectivity index (χ1v) is 6.71. The Balaban J connectivity index is 1.94. The van der Waals surface area contributed by atoms with Crippen LogP contribution in [0.3, 0.4) is 0 Å². The Bertz CT molecular complexity index is 447. The van der Waals surface area contributed by atoms with E-state index in [-0.39, 0.29) is 24.4 Å². The summed E-state index contributed by atoms with van der Waals surface area (Å²) in [6.07, 6.45) is 3.39. The molecule has 2 rings (SSSR count). The Morgan fingerprint density at radius 1 is 1.32 bits per heavy atom. The Morgan fingerprint density at radius 2 is 2.00 bits per heavy atom. The van der Waals surface area contributed by atoms with Crippen LogP contribution in [0.25, 0.3) is 0 Å². The van der Waals surface area contributed by atoms with E-state index in [1.807, 2.05) is 0 Å². The highest BCUT2D eigenvalue weighted by atomic mass is 16.5. The molecule has 104 valence electrons. The molecule has 1 aromatic carbocycles. The molecule has 0 aromatic heterocycles. The van der Waals surface area contributed by atoms with Gasteiger partial charge in [0, 0.05) is 6.61 Å². The van der Waals surface area contributed by atoms with Crippen molar-refractivity contribution in [3.8, 4) is 5.75 Å². The lowest BCUT2D eigenvalue weighted by Gasteiger charge is -2.27. The Labute approximate surface area is 113 Å². The van der Waals surface area contributed by atoms with Gasteiger partial charge in [-0.05, 0) is 62.3 Å². The molecule has 0 amide bonds. The average Bonchev–Trinajstić information content (AvgIpc) is 2.39. The van der Waals surface area contributed by atoms with Crippen LogP contribution < -0.4 is 0 Å². The molecule has 1 saturated carbocycles. The van der Waals surface area contributed by atoms with Gasteiger partial charge in [0.25, 0.3) is 0 Å². The highest BCUT2D eigenvalue weighted by Gasteiger charge is 2.24. The van der Waals surface area contributed by atoms with Crippen LogP contribution in [-0.4, -0.2) is 28.9 Å². The third-order valence-corrected chi connectivity index (χ3v) is 3.76. The van der Waals surface area contributed by atoms with Gasteiger partial charge in [-0.2, -0.15) is 0 Å². The summed E-state index contributed by atoms with van der Waals surface area (Å²) in [5.74, 6) is 0.174. The van der Waals surface area contributed by atoms with Gasteiger partial charge < -0.3 is 14.9 Å². The van der Waals surface area contributed by atoms with Crippen LogP contribution in [0, 0.1) is 12.8 Å². The van der Waals surface area contributed by atoms with E-state index >= 15 is 0 Å². The van der Waals surface area contributed by atoms with E-state index in [2.05, 4.69) is 0 Å². The van der Waals surface area contributed by atoms with Crippen LogP contribution in [0.4, 0.5) is 0 Å². The van der Waals surface area contributed by atoms with Crippen molar-refractivity contribution in [1.82, 2.24) is 0 Å². The summed E-state index contributed by atoms with van der Waals surface area (Å²) >= 11 is 0. The maximum atomic E-state index is 12.0. The molecular formula is C15H20O4. The van der Waals surface area contributed by atoms with Crippen LogP contribution in [0.1, 0.15) is 41.6 Å². The smallest absolute Gasteiger partial charge is 0.338 e. The van der Waals surface area contributed by atoms with Crippen molar-refractivity contribution in [2.45, 2.75) is 38.7 Å². The molecule has 0 bridgehead atoms. The average molecular weight is 264 g/mol. The van der Waals surface area contributed by atoms with E-state index in [1.165, 1.54) is 6.07 Å². The van der Waals surface area contributed by atoms with Gasteiger partial charge in [0.2, 0.25) is 0 Å². The van der Waals surface area contributed by atoms with Crippen LogP contribution in [0.2, 0.25) is 0 Å². The topological polar surface area (TPSA) is 66.8 Å². The van der Waals surface area contributed by atoms with E-state index in [0.29, 0.717) is 17.0 Å². The van der Waals surface area contributed by atoms with Crippen molar-refractivity contribution in [3.63, 3.8) is 0 Å². The highest BCUT2D eigenvalue weighted by molar-refractivity contribution is 5.91. The van der Waals surface area contributed by atoms with E-state index in [0.717, 1.165) is 25.7 Å². The first-order chi connectivity index (χ1) is 9.10. The number of hydrogen-bond acceptors (Lipinski definition) is 4. The summed E-state index contributed by atoms with van der Waals surface area (Å²) in [6, 6.07) is 4.64. The summed E-state index contributed by atoms with van der Waals surface area (Å²) in [4.78, 5) is 12.0. The van der Waals surface area contributed by atoms with Gasteiger partial charge in [0.05, 0.1) is 5.56 Å². The second-order valence-electron chi connectivity index (χ2n) is 5.23. The molecule has 0 spiro atoms. The number of carbonyl (C=O) groups is 1. The zero-order chi connectivity index (χ0) is 13.8. The molecular weight excluding hydrogens is 244 g/mol. The maximum Gasteiger partial charge on any atom is 0.338 e. The minimum absolute atomic E-state index is 0.0523. The Morgan fingerprint density at radius 3 is 2.58 bits per heavy atom. The van der Waals surface area contributed by atoms with E-state index in [1.54, 1.807) is 19.1 Å². The molecule has 0 unspecified atom stereocenters. The van der Waals surface area contributed by atoms with Crippen molar-refractivity contribution in [3.05, 3.63) is 29.3 Å². The number of ether oxygens (including phenoxy) is 1. The van der Waals surface area contributed by atoms with Crippen LogP contribution in [0.15, 0.2) is 18.2 Å². The zero-order valence-electron chi connectivity index (χ0n) is 11.1. The fraction of sp³-hybridized carbons (Fsp3) is 0.533. The molecule has 1 aliphatic carbocycles. The molecule has 0 aliphatic heterocycles. The summed E-state index contributed by atoms with van der Waals surface area (Å²) in [6.45, 7) is 2.00. The van der Waals surface area contributed by atoms with Crippen molar-refractivity contribution >= 4 is 5.97 Å². The first kappa shape index (κ1) is 13.9. The van der Waals surface area contributed by atoms with Crippen molar-refractivity contribution in [1.29, 1.82) is 0 Å². The molecule has 0 radical (unpaired) electrons. The molecule has 0 saturated heterocycles. The minimum Gasteiger partial charge on any atom is -0.508 e. The third-order valence-electron chi connectivity index (χ3n) is 3.76. The van der Waals surface area contributed by atoms with Crippen molar-refractivity contribution in [2.24, 2.45) is 5.92 Å². The SMILES string of the molecule is Cc1cc(O)ccc1C(=O)OC1CCC(CO)CC1. The molecule has 0 atom stereocenters. The normalized spacial score (nSPS) is 23.1. The summed E-state index contributed by atoms with van der Waals surface area (Å²) in [7, 11) is 0. The zero-order valence-corrected chi connectivity index (χ0v) is 11.1. The number of aliphatic hydroxyl groups is 1. The fourth-order valence-corrected chi connectivity index (χ4v) is 2.52. The number of aliphatic hydroxyl groups excluding tert-OH is 1. The molecule has 1 fully saturated rings. The highest BCUT2D eigenvalue weighted by Crippen LogP contribution is 2.27. The molecule has 1 aliphatic rings. The number of esters is 1. The standard InChI is InChI=1S/C15H20O4/c1-10-8-12(17)4-7-14(10)15(18)19-13-5-2-11(9-16)3-6-13/h4,7-8,11,13,16-17H,2-3,5-6,9H2,1H3. The van der Waals surface area contributed by atoms with E-state index < -0.39 is 0 Å². The Hall–Kier alpha value is -1.55. The predicted octanol–water partition coefficient (Wildman–Crippen LogP) is 2.41. The van der Waals surface area contributed by atoms with Crippen molar-refractivity contribution in [2.75, 3.05) is 6.61 Å². The number of carbonyl (C=O) groups excluding carboxylic acids is 1. The monoisotopic (exact) mass is 264 g/mol. The first-order valence-electron chi connectivity index (χ1n) is 6.71. The van der Waals surface area contributed by atoms with E-state index in [9.17, 15) is 9.90 Å². The van der Waals surface area contributed by atoms with E-state index in [4.69, 9.17) is 9.84 Å². The van der Waals surface area contributed by atoms with Gasteiger partial charge in [0.15, 0.2) is 0 Å². The van der Waals surface area contributed by atoms with Gasteiger partial charge in [0.1, 0.15) is 11.9 Å². The molecule has 4 nitrogen and oxygen atoms in total. The second kappa shape index (κ2) is 6.06. The number of aromatic hydroxyl groups is 1. The van der Waals surface area contributed by atoms with Gasteiger partial charge in [-0.3, -0.25) is 0 Å². The number of rotatable bonds is 3. The van der Waals surface area contributed by atoms with Crippen LogP contribution >= 0.6 is 0 Å². The van der Waals surface area contributed by atoms with Gasteiger partial charge in [-0.15, -0.1) is 0 Å². The third kappa shape index (κ3) is 3.47. The number of phenols is 1. The van der Waals surface area contributed by atoms with Crippen molar-refractivity contribution < 1.29 is 19.7 Å². The lowest BCUT2D eigenvalue weighted by Crippen LogP contribution is -2.26. The molecule has 2 N–H and O–H groups in total. The van der Waals surface area contributed by atoms with Gasteiger partial charge in [-0.25, -0.2) is 4.79 Å². The molecule has 0 heterocycles. The molecule has 1 aromatic rings.